The highest BCUT2D eigenvalue weighted by molar-refractivity contribution is 4.84. The molecule has 0 heterocycles. The molecule has 1 rings (SSSR count). The quantitative estimate of drug-likeness (QED) is 0.708. The molecule has 0 spiro atoms. The molecule has 2 nitrogen and oxygen atoms in total. The largest absolute Gasteiger partial charge is 0.389 e. The summed E-state index contributed by atoms with van der Waals surface area (Å²) in [5.41, 5.74) is -0.454. The molecular formula is C11H23NO. The molecule has 0 saturated heterocycles. The number of nitrogens with zero attached hydrogens (tertiary/aromatic N) is 1. The van der Waals surface area contributed by atoms with Gasteiger partial charge in [0.25, 0.3) is 0 Å². The highest BCUT2D eigenvalue weighted by Gasteiger charge is 2.29. The van der Waals surface area contributed by atoms with E-state index in [4.69, 9.17) is 0 Å². The van der Waals surface area contributed by atoms with E-state index in [1.54, 1.807) is 0 Å². The van der Waals surface area contributed by atoms with Crippen LogP contribution in [0.2, 0.25) is 0 Å². The van der Waals surface area contributed by atoms with Crippen LogP contribution < -0.4 is 0 Å². The van der Waals surface area contributed by atoms with Crippen LogP contribution in [0.15, 0.2) is 0 Å². The van der Waals surface area contributed by atoms with E-state index in [1.807, 2.05) is 0 Å². The van der Waals surface area contributed by atoms with Gasteiger partial charge < -0.3 is 10.0 Å². The molecule has 1 saturated carbocycles. The van der Waals surface area contributed by atoms with E-state index in [0.717, 1.165) is 25.4 Å². The van der Waals surface area contributed by atoms with Gasteiger partial charge in [0.1, 0.15) is 0 Å². The second kappa shape index (κ2) is 4.43. The summed E-state index contributed by atoms with van der Waals surface area (Å²) < 4.78 is 0. The summed E-state index contributed by atoms with van der Waals surface area (Å²) in [4.78, 5) is 2.33. The molecule has 13 heavy (non-hydrogen) atoms. The topological polar surface area (TPSA) is 23.5 Å². The van der Waals surface area contributed by atoms with E-state index in [-0.39, 0.29) is 0 Å². The predicted molar refractivity (Wildman–Crippen MR) is 55.8 cm³/mol. The van der Waals surface area contributed by atoms with Gasteiger partial charge >= 0.3 is 0 Å². The minimum atomic E-state index is -0.454. The summed E-state index contributed by atoms with van der Waals surface area (Å²) >= 11 is 0. The lowest BCUT2D eigenvalue weighted by atomic mass is 9.89. The molecular weight excluding hydrogens is 162 g/mol. The maximum absolute atomic E-state index is 10.1. The third-order valence-electron chi connectivity index (χ3n) is 3.56. The summed E-state index contributed by atoms with van der Waals surface area (Å²) in [6.45, 7) is 4.97. The fourth-order valence-corrected chi connectivity index (χ4v) is 1.89. The van der Waals surface area contributed by atoms with E-state index >= 15 is 0 Å². The van der Waals surface area contributed by atoms with Crippen molar-refractivity contribution in [2.75, 3.05) is 13.6 Å². The highest BCUT2D eigenvalue weighted by atomic mass is 16.3. The number of hydrogen-bond acceptors (Lipinski definition) is 2. The molecule has 0 bridgehead atoms. The first-order valence-electron chi connectivity index (χ1n) is 5.54. The Balaban J connectivity index is 2.35. The van der Waals surface area contributed by atoms with Gasteiger partial charge in [-0.05, 0) is 32.7 Å². The second-order valence-electron chi connectivity index (χ2n) is 4.43. The average molecular weight is 185 g/mol. The van der Waals surface area contributed by atoms with Gasteiger partial charge in [-0.2, -0.15) is 0 Å². The summed E-state index contributed by atoms with van der Waals surface area (Å²) in [5, 5.41) is 10.1. The van der Waals surface area contributed by atoms with Crippen LogP contribution in [-0.4, -0.2) is 35.2 Å². The monoisotopic (exact) mass is 185 g/mol. The molecule has 0 aliphatic heterocycles. The maximum atomic E-state index is 10.1. The van der Waals surface area contributed by atoms with Gasteiger partial charge in [-0.15, -0.1) is 0 Å². The Morgan fingerprint density at radius 2 is 1.85 bits per heavy atom. The predicted octanol–water partition coefficient (Wildman–Crippen LogP) is 2.02. The Kier molecular flexibility index (Phi) is 3.74. The summed E-state index contributed by atoms with van der Waals surface area (Å²) in [6, 6.07) is 0.740. The first-order valence-corrected chi connectivity index (χ1v) is 5.54. The standard InChI is InChI=1S/C11H23NO/c1-4-11(13,5-2)9-12(3)10-7-6-8-10/h10,13H,4-9H2,1-3H3. The first kappa shape index (κ1) is 11.0. The number of aliphatic hydroxyl groups is 1. The van der Waals surface area contributed by atoms with Crippen LogP contribution in [-0.2, 0) is 0 Å². The Morgan fingerprint density at radius 1 is 1.31 bits per heavy atom. The van der Waals surface area contributed by atoms with Crippen molar-refractivity contribution in [2.24, 2.45) is 0 Å². The SMILES string of the molecule is CCC(O)(CC)CN(C)C1CCC1. The van der Waals surface area contributed by atoms with Crippen molar-refractivity contribution >= 4 is 0 Å². The Bertz CT molecular complexity index is 150. The molecule has 1 N–H and O–H groups in total. The molecule has 0 aromatic rings. The van der Waals surface area contributed by atoms with Crippen LogP contribution in [0.3, 0.4) is 0 Å². The van der Waals surface area contributed by atoms with Crippen molar-refractivity contribution < 1.29 is 5.11 Å². The second-order valence-corrected chi connectivity index (χ2v) is 4.43. The third-order valence-corrected chi connectivity index (χ3v) is 3.56. The minimum Gasteiger partial charge on any atom is -0.389 e. The Labute approximate surface area is 81.9 Å². The maximum Gasteiger partial charge on any atom is 0.0768 e. The lowest BCUT2D eigenvalue weighted by Crippen LogP contribution is -2.47. The summed E-state index contributed by atoms with van der Waals surface area (Å²) in [7, 11) is 2.14. The smallest absolute Gasteiger partial charge is 0.0768 e. The fourth-order valence-electron chi connectivity index (χ4n) is 1.89. The molecule has 1 fully saturated rings. The molecule has 1 aliphatic rings. The van der Waals surface area contributed by atoms with Gasteiger partial charge in [0.05, 0.1) is 5.60 Å². The van der Waals surface area contributed by atoms with E-state index < -0.39 is 5.60 Å². The molecule has 0 aromatic heterocycles. The third kappa shape index (κ3) is 2.68. The van der Waals surface area contributed by atoms with Crippen LogP contribution in [0.5, 0.6) is 0 Å². The van der Waals surface area contributed by atoms with Crippen LogP contribution >= 0.6 is 0 Å². The van der Waals surface area contributed by atoms with Crippen molar-refractivity contribution in [3.8, 4) is 0 Å². The summed E-state index contributed by atoms with van der Waals surface area (Å²) in [5.74, 6) is 0. The Morgan fingerprint density at radius 3 is 2.15 bits per heavy atom. The molecule has 0 radical (unpaired) electrons. The van der Waals surface area contributed by atoms with Crippen LogP contribution in [0, 0.1) is 0 Å². The molecule has 2 heteroatoms. The molecule has 78 valence electrons. The van der Waals surface area contributed by atoms with Crippen molar-refractivity contribution in [2.45, 2.75) is 57.6 Å². The fraction of sp³-hybridized carbons (Fsp3) is 1.00. The normalized spacial score (nSPS) is 19.2. The van der Waals surface area contributed by atoms with Crippen molar-refractivity contribution in [3.05, 3.63) is 0 Å². The average Bonchev–Trinajstić information content (AvgIpc) is 2.01. The van der Waals surface area contributed by atoms with E-state index in [9.17, 15) is 5.11 Å². The van der Waals surface area contributed by atoms with Gasteiger partial charge in [0, 0.05) is 12.6 Å². The number of rotatable bonds is 5. The van der Waals surface area contributed by atoms with Gasteiger partial charge in [0.15, 0.2) is 0 Å². The Hall–Kier alpha value is -0.0800. The van der Waals surface area contributed by atoms with Crippen LogP contribution in [0.1, 0.15) is 46.0 Å². The molecule has 1 aliphatic carbocycles. The van der Waals surface area contributed by atoms with E-state index in [2.05, 4.69) is 25.8 Å². The van der Waals surface area contributed by atoms with Gasteiger partial charge in [-0.1, -0.05) is 20.3 Å². The van der Waals surface area contributed by atoms with Gasteiger partial charge in [0.2, 0.25) is 0 Å². The van der Waals surface area contributed by atoms with Gasteiger partial charge in [-0.3, -0.25) is 0 Å². The lowest BCUT2D eigenvalue weighted by Gasteiger charge is -2.39. The first-order chi connectivity index (χ1) is 6.11. The number of hydrogen-bond donors (Lipinski definition) is 1. The zero-order chi connectivity index (χ0) is 9.90. The molecule has 0 atom stereocenters. The van der Waals surface area contributed by atoms with Crippen molar-refractivity contribution in [3.63, 3.8) is 0 Å². The van der Waals surface area contributed by atoms with E-state index in [0.29, 0.717) is 0 Å². The minimum absolute atomic E-state index is 0.454. The molecule has 0 aromatic carbocycles. The molecule has 0 amide bonds. The van der Waals surface area contributed by atoms with Crippen molar-refractivity contribution in [1.29, 1.82) is 0 Å². The molecule has 0 unspecified atom stereocenters. The van der Waals surface area contributed by atoms with E-state index in [1.165, 1.54) is 19.3 Å². The van der Waals surface area contributed by atoms with Crippen LogP contribution in [0.25, 0.3) is 0 Å². The summed E-state index contributed by atoms with van der Waals surface area (Å²) in [6.07, 6.45) is 5.73. The zero-order valence-electron chi connectivity index (χ0n) is 9.21. The van der Waals surface area contributed by atoms with Gasteiger partial charge in [-0.25, -0.2) is 0 Å². The zero-order valence-corrected chi connectivity index (χ0v) is 9.21. The number of likely N-dealkylation sites (N-methyl/N-ethyl adjacent to an activating group) is 1. The van der Waals surface area contributed by atoms with Crippen molar-refractivity contribution in [1.82, 2.24) is 4.90 Å². The highest BCUT2D eigenvalue weighted by Crippen LogP contribution is 2.26. The lowest BCUT2D eigenvalue weighted by molar-refractivity contribution is -0.0164. The van der Waals surface area contributed by atoms with Crippen LogP contribution in [0.4, 0.5) is 0 Å².